The number of rotatable bonds is 5. The molecule has 1 aromatic heterocycles. The van der Waals surface area contributed by atoms with Gasteiger partial charge in [-0.1, -0.05) is 44.6 Å². The molecule has 22 heavy (non-hydrogen) atoms. The van der Waals surface area contributed by atoms with E-state index in [4.69, 9.17) is 12.2 Å². The van der Waals surface area contributed by atoms with Gasteiger partial charge in [0.15, 0.2) is 10.2 Å². The van der Waals surface area contributed by atoms with Gasteiger partial charge in [-0.3, -0.25) is 4.79 Å². The quantitative estimate of drug-likeness (QED) is 0.808. The number of hydrogen-bond acceptors (Lipinski definition) is 4. The molecule has 0 bridgehead atoms. The van der Waals surface area contributed by atoms with Crippen LogP contribution in [-0.4, -0.2) is 16.0 Å². The highest BCUT2D eigenvalue weighted by atomic mass is 32.1. The Labute approximate surface area is 140 Å². The predicted octanol–water partition coefficient (Wildman–Crippen LogP) is 4.11. The zero-order chi connectivity index (χ0) is 16.1. The van der Waals surface area contributed by atoms with Crippen molar-refractivity contribution in [3.8, 4) is 0 Å². The van der Waals surface area contributed by atoms with Crippen molar-refractivity contribution in [2.45, 2.75) is 40.0 Å². The van der Waals surface area contributed by atoms with E-state index in [0.29, 0.717) is 10.2 Å². The summed E-state index contributed by atoms with van der Waals surface area (Å²) >= 11 is 6.69. The third-order valence-electron chi connectivity index (χ3n) is 3.25. The van der Waals surface area contributed by atoms with Crippen molar-refractivity contribution >= 4 is 49.9 Å². The van der Waals surface area contributed by atoms with Crippen molar-refractivity contribution < 1.29 is 4.79 Å². The van der Waals surface area contributed by atoms with E-state index in [9.17, 15) is 4.79 Å². The molecule has 0 unspecified atom stereocenters. The standard InChI is InChI=1S/C16H21N3OS2/c1-4-5-6-11-7-8-12-13(9-11)22-16(17-12)19-15(21)18-14(20)10(2)3/h7-10H,4-6H2,1-3H3,(H2,17,18,19,20,21). The van der Waals surface area contributed by atoms with E-state index in [1.54, 1.807) is 11.3 Å². The Kier molecular flexibility index (Phi) is 5.85. The fourth-order valence-corrected chi connectivity index (χ4v) is 3.14. The maximum atomic E-state index is 11.6. The van der Waals surface area contributed by atoms with Gasteiger partial charge in [0.25, 0.3) is 0 Å². The zero-order valence-corrected chi connectivity index (χ0v) is 14.7. The molecular weight excluding hydrogens is 314 g/mol. The summed E-state index contributed by atoms with van der Waals surface area (Å²) < 4.78 is 1.13. The van der Waals surface area contributed by atoms with Gasteiger partial charge in [0.05, 0.1) is 10.2 Å². The van der Waals surface area contributed by atoms with Gasteiger partial charge < -0.3 is 10.6 Å². The number of thiazole rings is 1. The lowest BCUT2D eigenvalue weighted by Crippen LogP contribution is -2.36. The lowest BCUT2D eigenvalue weighted by molar-refractivity contribution is -0.122. The number of carbonyl (C=O) groups excluding carboxylic acids is 1. The highest BCUT2D eigenvalue weighted by Crippen LogP contribution is 2.27. The molecule has 0 saturated heterocycles. The number of aromatic nitrogens is 1. The highest BCUT2D eigenvalue weighted by Gasteiger charge is 2.11. The first-order valence-electron chi connectivity index (χ1n) is 7.51. The van der Waals surface area contributed by atoms with Crippen LogP contribution >= 0.6 is 23.6 Å². The van der Waals surface area contributed by atoms with Crippen LogP contribution in [0.4, 0.5) is 5.13 Å². The number of carbonyl (C=O) groups is 1. The van der Waals surface area contributed by atoms with E-state index < -0.39 is 0 Å². The minimum atomic E-state index is -0.101. The third-order valence-corrected chi connectivity index (χ3v) is 4.39. The van der Waals surface area contributed by atoms with Gasteiger partial charge in [-0.25, -0.2) is 4.98 Å². The van der Waals surface area contributed by atoms with Gasteiger partial charge in [0, 0.05) is 5.92 Å². The second-order valence-electron chi connectivity index (χ2n) is 5.52. The Hall–Kier alpha value is -1.53. The van der Waals surface area contributed by atoms with Crippen LogP contribution < -0.4 is 10.6 Å². The van der Waals surface area contributed by atoms with Gasteiger partial charge in [-0.2, -0.15) is 0 Å². The predicted molar refractivity (Wildman–Crippen MR) is 97.4 cm³/mol. The van der Waals surface area contributed by atoms with E-state index in [2.05, 4.69) is 34.7 Å². The number of amides is 1. The second-order valence-corrected chi connectivity index (χ2v) is 6.96. The molecule has 0 fully saturated rings. The summed E-state index contributed by atoms with van der Waals surface area (Å²) in [6, 6.07) is 6.35. The van der Waals surface area contributed by atoms with E-state index in [1.165, 1.54) is 18.4 Å². The molecule has 0 atom stereocenters. The number of benzene rings is 1. The van der Waals surface area contributed by atoms with Crippen molar-refractivity contribution in [1.29, 1.82) is 0 Å². The number of anilines is 1. The third kappa shape index (κ3) is 4.48. The normalized spacial score (nSPS) is 10.9. The van der Waals surface area contributed by atoms with Crippen LogP contribution in [0.5, 0.6) is 0 Å². The smallest absolute Gasteiger partial charge is 0.228 e. The SMILES string of the molecule is CCCCc1ccc2nc(NC(=S)NC(=O)C(C)C)sc2c1. The van der Waals surface area contributed by atoms with Crippen molar-refractivity contribution in [2.75, 3.05) is 5.32 Å². The number of fused-ring (bicyclic) bond motifs is 1. The number of aryl methyl sites for hydroxylation is 1. The average molecular weight is 335 g/mol. The van der Waals surface area contributed by atoms with Crippen LogP contribution in [0.25, 0.3) is 10.2 Å². The fraction of sp³-hybridized carbons (Fsp3) is 0.438. The summed E-state index contributed by atoms with van der Waals surface area (Å²) in [4.78, 5) is 16.1. The Morgan fingerprint density at radius 3 is 2.86 bits per heavy atom. The maximum Gasteiger partial charge on any atom is 0.228 e. The molecule has 2 aromatic rings. The van der Waals surface area contributed by atoms with Gasteiger partial charge in [0.1, 0.15) is 0 Å². The minimum Gasteiger partial charge on any atom is -0.308 e. The lowest BCUT2D eigenvalue weighted by atomic mass is 10.1. The second kappa shape index (κ2) is 7.65. The summed E-state index contributed by atoms with van der Waals surface area (Å²) in [6.45, 7) is 5.85. The summed E-state index contributed by atoms with van der Waals surface area (Å²) in [5, 5.41) is 6.65. The topological polar surface area (TPSA) is 54.0 Å². The Balaban J connectivity index is 2.06. The Bertz CT molecular complexity index is 679. The number of nitrogens with zero attached hydrogens (tertiary/aromatic N) is 1. The molecule has 1 amide bonds. The molecule has 0 aliphatic heterocycles. The monoisotopic (exact) mass is 335 g/mol. The number of hydrogen-bond donors (Lipinski definition) is 2. The van der Waals surface area contributed by atoms with Gasteiger partial charge >= 0.3 is 0 Å². The molecule has 1 aromatic carbocycles. The zero-order valence-electron chi connectivity index (χ0n) is 13.1. The first kappa shape index (κ1) is 16.8. The maximum absolute atomic E-state index is 11.6. The van der Waals surface area contributed by atoms with E-state index in [-0.39, 0.29) is 11.8 Å². The first-order chi connectivity index (χ1) is 10.5. The van der Waals surface area contributed by atoms with Crippen molar-refractivity contribution in [3.63, 3.8) is 0 Å². The lowest BCUT2D eigenvalue weighted by Gasteiger charge is -2.08. The van der Waals surface area contributed by atoms with Crippen molar-refractivity contribution in [1.82, 2.24) is 10.3 Å². The molecule has 2 rings (SSSR count). The van der Waals surface area contributed by atoms with E-state index >= 15 is 0 Å². The van der Waals surface area contributed by atoms with Crippen LogP contribution in [0.15, 0.2) is 18.2 Å². The van der Waals surface area contributed by atoms with Crippen LogP contribution in [0, 0.1) is 5.92 Å². The van der Waals surface area contributed by atoms with Gasteiger partial charge in [0.2, 0.25) is 5.91 Å². The molecule has 0 aliphatic rings. The highest BCUT2D eigenvalue weighted by molar-refractivity contribution is 7.80. The van der Waals surface area contributed by atoms with Crippen molar-refractivity contribution in [3.05, 3.63) is 23.8 Å². The number of unbranched alkanes of at least 4 members (excludes halogenated alkanes) is 1. The summed E-state index contributed by atoms with van der Waals surface area (Å²) in [5.41, 5.74) is 2.28. The average Bonchev–Trinajstić information content (AvgIpc) is 2.85. The molecule has 1 heterocycles. The van der Waals surface area contributed by atoms with E-state index in [0.717, 1.165) is 16.6 Å². The molecule has 4 nitrogen and oxygen atoms in total. The van der Waals surface area contributed by atoms with Gasteiger partial charge in [-0.05, 0) is 42.8 Å². The molecule has 0 aliphatic carbocycles. The molecule has 0 radical (unpaired) electrons. The molecule has 6 heteroatoms. The summed E-state index contributed by atoms with van der Waals surface area (Å²) in [6.07, 6.45) is 3.48. The fourth-order valence-electron chi connectivity index (χ4n) is 1.94. The Morgan fingerprint density at radius 1 is 1.41 bits per heavy atom. The first-order valence-corrected chi connectivity index (χ1v) is 8.73. The molecule has 0 saturated carbocycles. The summed E-state index contributed by atoms with van der Waals surface area (Å²) in [7, 11) is 0. The van der Waals surface area contributed by atoms with Crippen molar-refractivity contribution in [2.24, 2.45) is 5.92 Å². The molecular formula is C16H21N3OS2. The number of thiocarbonyl (C=S) groups is 1. The minimum absolute atomic E-state index is 0.0968. The van der Waals surface area contributed by atoms with Crippen LogP contribution in [0.1, 0.15) is 39.2 Å². The molecule has 0 spiro atoms. The van der Waals surface area contributed by atoms with Crippen LogP contribution in [0.3, 0.4) is 0 Å². The van der Waals surface area contributed by atoms with E-state index in [1.807, 2.05) is 19.9 Å². The largest absolute Gasteiger partial charge is 0.308 e. The number of nitrogens with one attached hydrogen (secondary N) is 2. The van der Waals surface area contributed by atoms with Crippen LogP contribution in [0.2, 0.25) is 0 Å². The van der Waals surface area contributed by atoms with Gasteiger partial charge in [-0.15, -0.1) is 0 Å². The summed E-state index contributed by atoms with van der Waals surface area (Å²) in [5.74, 6) is -0.197. The van der Waals surface area contributed by atoms with Crippen LogP contribution in [-0.2, 0) is 11.2 Å². The molecule has 2 N–H and O–H groups in total. The molecule has 118 valence electrons. The Morgan fingerprint density at radius 2 is 2.18 bits per heavy atom.